The lowest BCUT2D eigenvalue weighted by Crippen LogP contribution is -2.40. The second-order valence-electron chi connectivity index (χ2n) is 6.28. The fraction of sp³-hybridized carbons (Fsp3) is 0.167. The van der Waals surface area contributed by atoms with Gasteiger partial charge in [-0.2, -0.15) is 5.26 Å². The lowest BCUT2D eigenvalue weighted by atomic mass is 9.91. The van der Waals surface area contributed by atoms with E-state index in [1.54, 1.807) is 42.8 Å². The molecule has 0 unspecified atom stereocenters. The summed E-state index contributed by atoms with van der Waals surface area (Å²) in [6.07, 6.45) is 1.62. The molecule has 0 spiro atoms. The maximum Gasteiger partial charge on any atom is 0.325 e. The largest absolute Gasteiger partial charge is 0.325 e. The monoisotopic (exact) mass is 379 g/mol. The zero-order valence-corrected chi connectivity index (χ0v) is 15.0. The molecule has 1 aliphatic rings. The highest BCUT2D eigenvalue weighted by molar-refractivity contribution is 7.15. The van der Waals surface area contributed by atoms with Crippen LogP contribution < -0.4 is 10.9 Å². The number of aromatic nitrogens is 2. The standard InChI is InChI=1S/C18H13N5O3S/c1-18(12-4-2-3-11(7-12)9-19)15(25)23(16(26)21-18)10-13-8-14(24)22-5-6-27-17(22)20-13/h2-8H,10H2,1H3,(H,21,26)/t18-/m0/s1. The van der Waals surface area contributed by atoms with E-state index in [9.17, 15) is 14.4 Å². The first-order valence-electron chi connectivity index (χ1n) is 8.03. The minimum absolute atomic E-state index is 0.109. The van der Waals surface area contributed by atoms with Crippen LogP contribution in [-0.4, -0.2) is 26.2 Å². The number of rotatable bonds is 3. The van der Waals surface area contributed by atoms with Crippen molar-refractivity contribution in [3.8, 4) is 6.07 Å². The molecule has 0 aliphatic carbocycles. The number of nitriles is 1. The number of amides is 3. The molecule has 0 bridgehead atoms. The third-order valence-electron chi connectivity index (χ3n) is 4.52. The normalized spacial score (nSPS) is 19.3. The minimum Gasteiger partial charge on any atom is -0.319 e. The van der Waals surface area contributed by atoms with E-state index >= 15 is 0 Å². The number of thiazole rings is 1. The number of hydrogen-bond acceptors (Lipinski definition) is 6. The molecular formula is C18H13N5O3S. The number of hydrogen-bond donors (Lipinski definition) is 1. The Balaban J connectivity index is 1.68. The summed E-state index contributed by atoms with van der Waals surface area (Å²) < 4.78 is 1.40. The summed E-state index contributed by atoms with van der Waals surface area (Å²) in [5.74, 6) is -0.462. The summed E-state index contributed by atoms with van der Waals surface area (Å²) in [6.45, 7) is 1.48. The smallest absolute Gasteiger partial charge is 0.319 e. The molecule has 0 radical (unpaired) electrons. The van der Waals surface area contributed by atoms with E-state index in [1.165, 1.54) is 21.8 Å². The predicted octanol–water partition coefficient (Wildman–Crippen LogP) is 1.59. The SMILES string of the molecule is C[C@@]1(c2cccc(C#N)c2)NC(=O)N(Cc2cc(=O)n3ccsc3n2)C1=O. The number of carbonyl (C=O) groups is 2. The molecule has 9 heteroatoms. The van der Waals surface area contributed by atoms with Crippen LogP contribution in [0.3, 0.4) is 0 Å². The van der Waals surface area contributed by atoms with Crippen LogP contribution in [0.15, 0.2) is 46.7 Å². The third kappa shape index (κ3) is 2.67. The van der Waals surface area contributed by atoms with E-state index in [2.05, 4.69) is 10.3 Å². The minimum atomic E-state index is -1.29. The first-order chi connectivity index (χ1) is 12.9. The van der Waals surface area contributed by atoms with Crippen molar-refractivity contribution in [2.45, 2.75) is 19.0 Å². The first-order valence-corrected chi connectivity index (χ1v) is 8.91. The highest BCUT2D eigenvalue weighted by Gasteiger charge is 2.49. The molecule has 1 N–H and O–H groups in total. The van der Waals surface area contributed by atoms with Gasteiger partial charge in [-0.15, -0.1) is 11.3 Å². The van der Waals surface area contributed by atoms with Crippen molar-refractivity contribution >= 4 is 28.2 Å². The van der Waals surface area contributed by atoms with Gasteiger partial charge >= 0.3 is 6.03 Å². The number of nitrogens with zero attached hydrogens (tertiary/aromatic N) is 4. The second-order valence-corrected chi connectivity index (χ2v) is 7.15. The van der Waals surface area contributed by atoms with E-state index in [0.717, 1.165) is 4.90 Å². The molecule has 4 rings (SSSR count). The van der Waals surface area contributed by atoms with Crippen LogP contribution >= 0.6 is 11.3 Å². The van der Waals surface area contributed by atoms with Crippen LogP contribution in [0.1, 0.15) is 23.7 Å². The fourth-order valence-electron chi connectivity index (χ4n) is 3.07. The topological polar surface area (TPSA) is 108 Å². The van der Waals surface area contributed by atoms with Crippen LogP contribution in [-0.2, 0) is 16.9 Å². The highest BCUT2D eigenvalue weighted by atomic mass is 32.1. The summed E-state index contributed by atoms with van der Waals surface area (Å²) in [4.78, 5) is 43.4. The lowest BCUT2D eigenvalue weighted by molar-refractivity contribution is -0.131. The van der Waals surface area contributed by atoms with Gasteiger partial charge in [0.05, 0.1) is 23.9 Å². The summed E-state index contributed by atoms with van der Waals surface area (Å²) in [5.41, 5.74) is -0.309. The molecule has 2 aromatic heterocycles. The average molecular weight is 379 g/mol. The van der Waals surface area contributed by atoms with Gasteiger partial charge in [-0.25, -0.2) is 9.78 Å². The molecule has 3 amide bonds. The Morgan fingerprint density at radius 2 is 2.11 bits per heavy atom. The van der Waals surface area contributed by atoms with Crippen molar-refractivity contribution in [2.24, 2.45) is 0 Å². The fourth-order valence-corrected chi connectivity index (χ4v) is 3.81. The van der Waals surface area contributed by atoms with Crippen LogP contribution in [0.5, 0.6) is 0 Å². The third-order valence-corrected chi connectivity index (χ3v) is 5.28. The molecule has 1 atom stereocenters. The Hall–Kier alpha value is -3.51. The van der Waals surface area contributed by atoms with E-state index in [-0.39, 0.29) is 12.1 Å². The maximum absolute atomic E-state index is 13.0. The molecule has 27 heavy (non-hydrogen) atoms. The highest BCUT2D eigenvalue weighted by Crippen LogP contribution is 2.30. The van der Waals surface area contributed by atoms with Gasteiger partial charge in [0.2, 0.25) is 0 Å². The number of benzene rings is 1. The molecular weight excluding hydrogens is 366 g/mol. The van der Waals surface area contributed by atoms with E-state index in [1.807, 2.05) is 6.07 Å². The van der Waals surface area contributed by atoms with E-state index in [4.69, 9.17) is 5.26 Å². The van der Waals surface area contributed by atoms with Gasteiger partial charge in [-0.05, 0) is 24.6 Å². The molecule has 0 saturated carbocycles. The van der Waals surface area contributed by atoms with Gasteiger partial charge in [0.15, 0.2) is 4.96 Å². The van der Waals surface area contributed by atoms with Crippen LogP contribution in [0.25, 0.3) is 4.96 Å². The van der Waals surface area contributed by atoms with E-state index < -0.39 is 17.5 Å². The van der Waals surface area contributed by atoms with Crippen molar-refractivity contribution < 1.29 is 9.59 Å². The summed E-state index contributed by atoms with van der Waals surface area (Å²) in [7, 11) is 0. The lowest BCUT2D eigenvalue weighted by Gasteiger charge is -2.22. The van der Waals surface area contributed by atoms with Crippen molar-refractivity contribution in [1.82, 2.24) is 19.6 Å². The van der Waals surface area contributed by atoms with E-state index in [0.29, 0.717) is 21.8 Å². The summed E-state index contributed by atoms with van der Waals surface area (Å²) in [5, 5.41) is 13.5. The molecule has 8 nitrogen and oxygen atoms in total. The van der Waals surface area contributed by atoms with Crippen molar-refractivity contribution in [2.75, 3.05) is 0 Å². The zero-order valence-electron chi connectivity index (χ0n) is 14.2. The Morgan fingerprint density at radius 3 is 2.89 bits per heavy atom. The van der Waals surface area contributed by atoms with Crippen LogP contribution in [0, 0.1) is 11.3 Å². The van der Waals surface area contributed by atoms with Crippen LogP contribution in [0.4, 0.5) is 4.79 Å². The Bertz CT molecular complexity index is 1190. The summed E-state index contributed by atoms with van der Waals surface area (Å²) >= 11 is 1.29. The van der Waals surface area contributed by atoms with Gasteiger partial charge in [-0.1, -0.05) is 12.1 Å². The number of carbonyl (C=O) groups excluding carboxylic acids is 2. The average Bonchev–Trinajstić information content (AvgIpc) is 3.21. The molecule has 1 aliphatic heterocycles. The van der Waals surface area contributed by atoms with Crippen molar-refractivity contribution in [3.05, 3.63) is 69.1 Å². The van der Waals surface area contributed by atoms with Crippen LogP contribution in [0.2, 0.25) is 0 Å². The zero-order chi connectivity index (χ0) is 19.2. The molecule has 1 saturated heterocycles. The van der Waals surface area contributed by atoms with Gasteiger partial charge in [0.25, 0.3) is 11.5 Å². The van der Waals surface area contributed by atoms with Gasteiger partial charge in [-0.3, -0.25) is 18.9 Å². The Morgan fingerprint density at radius 1 is 1.30 bits per heavy atom. The number of imide groups is 1. The predicted molar refractivity (Wildman–Crippen MR) is 96.9 cm³/mol. The Labute approximate surface area is 157 Å². The molecule has 3 heterocycles. The van der Waals surface area contributed by atoms with Gasteiger partial charge < -0.3 is 5.32 Å². The molecule has 1 aromatic carbocycles. The number of nitrogens with one attached hydrogen (secondary N) is 1. The quantitative estimate of drug-likeness (QED) is 0.696. The van der Waals surface area contributed by atoms with Gasteiger partial charge in [0.1, 0.15) is 5.54 Å². The van der Waals surface area contributed by atoms with Gasteiger partial charge in [0, 0.05) is 17.6 Å². The molecule has 3 aromatic rings. The maximum atomic E-state index is 13.0. The van der Waals surface area contributed by atoms with Crippen molar-refractivity contribution in [1.29, 1.82) is 5.26 Å². The second kappa shape index (κ2) is 6.03. The number of urea groups is 1. The first kappa shape index (κ1) is 16.9. The molecule has 1 fully saturated rings. The Kier molecular flexibility index (Phi) is 3.78. The van der Waals surface area contributed by atoms with Crippen molar-refractivity contribution in [3.63, 3.8) is 0 Å². The molecule has 134 valence electrons. The summed E-state index contributed by atoms with van der Waals surface area (Å²) in [6, 6.07) is 9.31. The number of fused-ring (bicyclic) bond motifs is 1.